The van der Waals surface area contributed by atoms with Crippen molar-refractivity contribution in [2.75, 3.05) is 45.3 Å². The molecule has 0 aliphatic carbocycles. The van der Waals surface area contributed by atoms with E-state index >= 15 is 0 Å². The average molecular weight is 325 g/mol. The average Bonchev–Trinajstić information content (AvgIpc) is 2.82. The summed E-state index contributed by atoms with van der Waals surface area (Å²) in [7, 11) is 3.27. The number of ether oxygens (including phenoxy) is 2. The first-order valence-electron chi connectivity index (χ1n) is 7.16. The molecule has 1 N–H and O–H groups in total. The van der Waals surface area contributed by atoms with Gasteiger partial charge in [-0.25, -0.2) is 9.97 Å². The molecule has 1 aromatic heterocycles. The highest BCUT2D eigenvalue weighted by atomic mass is 35.5. The summed E-state index contributed by atoms with van der Waals surface area (Å²) in [5.41, 5.74) is 0.870. The summed E-state index contributed by atoms with van der Waals surface area (Å²) in [4.78, 5) is 11.2. The third-order valence-corrected chi connectivity index (χ3v) is 3.76. The molecular weight excluding hydrogens is 304 g/mol. The molecule has 0 spiro atoms. The second-order valence-corrected chi connectivity index (χ2v) is 5.01. The first-order chi connectivity index (χ1) is 10.3. The molecule has 1 aliphatic heterocycles. The van der Waals surface area contributed by atoms with Crippen molar-refractivity contribution in [3.63, 3.8) is 0 Å². The van der Waals surface area contributed by atoms with E-state index in [9.17, 15) is 0 Å². The van der Waals surface area contributed by atoms with Crippen molar-refractivity contribution in [1.82, 2.24) is 15.3 Å². The topological polar surface area (TPSA) is 59.5 Å². The van der Waals surface area contributed by atoms with Gasteiger partial charge in [0.2, 0.25) is 0 Å². The van der Waals surface area contributed by atoms with Gasteiger partial charge in [-0.2, -0.15) is 0 Å². The van der Waals surface area contributed by atoms with Crippen LogP contribution in [0.5, 0.6) is 11.5 Å². The van der Waals surface area contributed by atoms with Crippen LogP contribution in [0.4, 0.5) is 5.82 Å². The molecule has 0 radical (unpaired) electrons. The van der Waals surface area contributed by atoms with Gasteiger partial charge < -0.3 is 19.7 Å². The first-order valence-corrected chi connectivity index (χ1v) is 7.16. The predicted molar refractivity (Wildman–Crippen MR) is 89.6 cm³/mol. The maximum atomic E-state index is 5.40. The van der Waals surface area contributed by atoms with Gasteiger partial charge in [0.15, 0.2) is 11.5 Å². The lowest BCUT2D eigenvalue weighted by Gasteiger charge is -2.22. The molecule has 0 unspecified atom stereocenters. The van der Waals surface area contributed by atoms with Crippen molar-refractivity contribution in [2.24, 2.45) is 0 Å². The van der Waals surface area contributed by atoms with E-state index in [-0.39, 0.29) is 12.4 Å². The van der Waals surface area contributed by atoms with Gasteiger partial charge in [-0.15, -0.1) is 12.4 Å². The zero-order valence-electron chi connectivity index (χ0n) is 12.8. The number of hydrogen-bond acceptors (Lipinski definition) is 6. The zero-order chi connectivity index (χ0) is 14.7. The van der Waals surface area contributed by atoms with Crippen LogP contribution >= 0.6 is 12.4 Å². The van der Waals surface area contributed by atoms with Crippen LogP contribution in [-0.2, 0) is 0 Å². The van der Waals surface area contributed by atoms with Crippen LogP contribution in [0, 0.1) is 0 Å². The van der Waals surface area contributed by atoms with Gasteiger partial charge in [0.1, 0.15) is 12.1 Å². The van der Waals surface area contributed by atoms with Gasteiger partial charge in [0.25, 0.3) is 0 Å². The fraction of sp³-hybridized carbons (Fsp3) is 0.467. The zero-order valence-corrected chi connectivity index (χ0v) is 13.7. The number of anilines is 1. The van der Waals surface area contributed by atoms with E-state index in [2.05, 4.69) is 20.2 Å². The minimum Gasteiger partial charge on any atom is -0.493 e. The number of halogens is 1. The Morgan fingerprint density at radius 2 is 1.82 bits per heavy atom. The molecule has 6 nitrogen and oxygen atoms in total. The van der Waals surface area contributed by atoms with Crippen LogP contribution in [0.1, 0.15) is 6.42 Å². The number of fused-ring (bicyclic) bond motifs is 1. The molecule has 2 aromatic rings. The minimum absolute atomic E-state index is 0. The Morgan fingerprint density at radius 3 is 2.59 bits per heavy atom. The molecule has 22 heavy (non-hydrogen) atoms. The highest BCUT2D eigenvalue weighted by Crippen LogP contribution is 2.34. The van der Waals surface area contributed by atoms with Crippen molar-refractivity contribution < 1.29 is 9.47 Å². The number of nitrogens with zero attached hydrogens (tertiary/aromatic N) is 3. The van der Waals surface area contributed by atoms with E-state index < -0.39 is 0 Å². The van der Waals surface area contributed by atoms with Crippen LogP contribution < -0.4 is 19.7 Å². The van der Waals surface area contributed by atoms with Gasteiger partial charge >= 0.3 is 0 Å². The molecule has 1 fully saturated rings. The summed E-state index contributed by atoms with van der Waals surface area (Å²) in [6.07, 6.45) is 2.72. The highest BCUT2D eigenvalue weighted by Gasteiger charge is 2.16. The Hall–Kier alpha value is -1.79. The lowest BCUT2D eigenvalue weighted by atomic mass is 10.2. The summed E-state index contributed by atoms with van der Waals surface area (Å²) in [6.45, 7) is 3.96. The number of aromatic nitrogens is 2. The Morgan fingerprint density at radius 1 is 1.05 bits per heavy atom. The van der Waals surface area contributed by atoms with Crippen molar-refractivity contribution in [1.29, 1.82) is 0 Å². The number of nitrogens with one attached hydrogen (secondary N) is 1. The predicted octanol–water partition coefficient (Wildman–Crippen LogP) is 1.87. The van der Waals surface area contributed by atoms with Gasteiger partial charge in [0.05, 0.1) is 19.7 Å². The minimum atomic E-state index is 0. The Balaban J connectivity index is 0.00000176. The van der Waals surface area contributed by atoms with Crippen molar-refractivity contribution >= 4 is 29.1 Å². The van der Waals surface area contributed by atoms with E-state index in [1.54, 1.807) is 20.5 Å². The molecule has 1 aromatic carbocycles. The maximum Gasteiger partial charge on any atom is 0.162 e. The molecule has 0 bridgehead atoms. The van der Waals surface area contributed by atoms with Gasteiger partial charge in [-0.1, -0.05) is 0 Å². The molecule has 0 saturated carbocycles. The molecule has 7 heteroatoms. The van der Waals surface area contributed by atoms with E-state index in [0.717, 1.165) is 49.3 Å². The number of rotatable bonds is 3. The summed E-state index contributed by atoms with van der Waals surface area (Å²) >= 11 is 0. The molecule has 0 amide bonds. The quantitative estimate of drug-likeness (QED) is 0.930. The summed E-state index contributed by atoms with van der Waals surface area (Å²) in [5.74, 6) is 2.35. The van der Waals surface area contributed by atoms with Gasteiger partial charge in [0, 0.05) is 31.1 Å². The molecular formula is C15H21ClN4O2. The first kappa shape index (κ1) is 16.6. The van der Waals surface area contributed by atoms with E-state index in [1.807, 2.05) is 12.1 Å². The van der Waals surface area contributed by atoms with Crippen molar-refractivity contribution in [3.8, 4) is 11.5 Å². The molecule has 2 heterocycles. The normalized spacial score (nSPS) is 15.1. The Kier molecular flexibility index (Phi) is 5.63. The number of methoxy groups -OCH3 is 2. The van der Waals surface area contributed by atoms with Gasteiger partial charge in [-0.05, 0) is 19.0 Å². The summed E-state index contributed by atoms with van der Waals surface area (Å²) in [6, 6.07) is 3.86. The molecule has 120 valence electrons. The van der Waals surface area contributed by atoms with Crippen LogP contribution in [0.3, 0.4) is 0 Å². The van der Waals surface area contributed by atoms with Crippen LogP contribution in [0.25, 0.3) is 10.9 Å². The second kappa shape index (κ2) is 7.47. The third-order valence-electron chi connectivity index (χ3n) is 3.76. The fourth-order valence-corrected chi connectivity index (χ4v) is 2.68. The molecule has 0 atom stereocenters. The number of benzene rings is 1. The molecule has 3 rings (SSSR count). The van der Waals surface area contributed by atoms with E-state index in [1.165, 1.54) is 0 Å². The van der Waals surface area contributed by atoms with Crippen LogP contribution in [-0.4, -0.2) is 50.4 Å². The second-order valence-electron chi connectivity index (χ2n) is 5.01. The maximum absolute atomic E-state index is 5.40. The van der Waals surface area contributed by atoms with Gasteiger partial charge in [-0.3, -0.25) is 0 Å². The standard InChI is InChI=1S/C15H20N4O2.ClH/c1-20-13-8-11-12(9-14(13)21-2)17-10-18-15(11)19-6-3-4-16-5-7-19;/h8-10,16H,3-7H2,1-2H3;1H. The lowest BCUT2D eigenvalue weighted by molar-refractivity contribution is 0.356. The third kappa shape index (κ3) is 3.18. The Bertz CT molecular complexity index is 630. The Labute approximate surface area is 136 Å². The molecule has 1 aliphatic rings. The van der Waals surface area contributed by atoms with Crippen LogP contribution in [0.15, 0.2) is 18.5 Å². The summed E-state index contributed by atoms with van der Waals surface area (Å²) in [5, 5.41) is 4.40. The molecule has 1 saturated heterocycles. The monoisotopic (exact) mass is 324 g/mol. The van der Waals surface area contributed by atoms with Crippen molar-refractivity contribution in [2.45, 2.75) is 6.42 Å². The largest absolute Gasteiger partial charge is 0.493 e. The number of hydrogen-bond donors (Lipinski definition) is 1. The van der Waals surface area contributed by atoms with E-state index in [0.29, 0.717) is 11.5 Å². The highest BCUT2D eigenvalue weighted by molar-refractivity contribution is 5.92. The fourth-order valence-electron chi connectivity index (χ4n) is 2.68. The lowest BCUT2D eigenvalue weighted by Crippen LogP contribution is -2.28. The smallest absolute Gasteiger partial charge is 0.162 e. The van der Waals surface area contributed by atoms with Crippen molar-refractivity contribution in [3.05, 3.63) is 18.5 Å². The SMILES string of the molecule is COc1cc2ncnc(N3CCCNCC3)c2cc1OC.Cl. The van der Waals surface area contributed by atoms with Crippen LogP contribution in [0.2, 0.25) is 0 Å². The van der Waals surface area contributed by atoms with E-state index in [4.69, 9.17) is 9.47 Å². The summed E-state index contributed by atoms with van der Waals surface area (Å²) < 4.78 is 10.7.